The molecule has 0 saturated carbocycles. The quantitative estimate of drug-likeness (QED) is 0.748. The summed E-state index contributed by atoms with van der Waals surface area (Å²) in [6.07, 6.45) is 5.78. The van der Waals surface area contributed by atoms with Gasteiger partial charge in [0, 0.05) is 11.8 Å². The predicted molar refractivity (Wildman–Crippen MR) is 79.9 cm³/mol. The summed E-state index contributed by atoms with van der Waals surface area (Å²) in [7, 11) is 0. The average molecular weight is 251 g/mol. The number of hydrogen-bond acceptors (Lipinski definition) is 2. The predicted octanol–water partition coefficient (Wildman–Crippen LogP) is 4.04. The van der Waals surface area contributed by atoms with Gasteiger partial charge < -0.3 is 5.32 Å². The molecule has 0 aliphatic rings. The molecule has 0 radical (unpaired) electrons. The second-order valence-corrected chi connectivity index (χ2v) is 5.37. The second kappa shape index (κ2) is 8.60. The van der Waals surface area contributed by atoms with Gasteiger partial charge in [-0.25, -0.2) is 0 Å². The van der Waals surface area contributed by atoms with E-state index < -0.39 is 0 Å². The van der Waals surface area contributed by atoms with Crippen molar-refractivity contribution < 1.29 is 0 Å². The second-order valence-electron chi connectivity index (χ2n) is 4.46. The van der Waals surface area contributed by atoms with Gasteiger partial charge in [0.25, 0.3) is 0 Å². The minimum atomic E-state index is 0.502. The van der Waals surface area contributed by atoms with E-state index in [1.165, 1.54) is 30.4 Å². The molecule has 1 N–H and O–H groups in total. The number of thioether (sulfide) groups is 1. The van der Waals surface area contributed by atoms with E-state index in [0.29, 0.717) is 6.04 Å². The van der Waals surface area contributed by atoms with E-state index in [9.17, 15) is 0 Å². The molecule has 0 spiro atoms. The Kier molecular flexibility index (Phi) is 7.38. The van der Waals surface area contributed by atoms with Crippen molar-refractivity contribution in [3.63, 3.8) is 0 Å². The van der Waals surface area contributed by atoms with Crippen LogP contribution < -0.4 is 5.32 Å². The number of hydrogen-bond donors (Lipinski definition) is 1. The van der Waals surface area contributed by atoms with E-state index >= 15 is 0 Å². The maximum absolute atomic E-state index is 3.64. The van der Waals surface area contributed by atoms with E-state index in [1.807, 2.05) is 11.8 Å². The first-order valence-corrected chi connectivity index (χ1v) is 8.02. The minimum Gasteiger partial charge on any atom is -0.309 e. The van der Waals surface area contributed by atoms with Gasteiger partial charge in [-0.1, -0.05) is 44.5 Å². The summed E-state index contributed by atoms with van der Waals surface area (Å²) >= 11 is 1.91. The summed E-state index contributed by atoms with van der Waals surface area (Å²) in [5.41, 5.74) is 2.91. The van der Waals surface area contributed by atoms with Crippen molar-refractivity contribution in [3.05, 3.63) is 35.4 Å². The fourth-order valence-corrected chi connectivity index (χ4v) is 2.66. The Morgan fingerprint density at radius 3 is 2.71 bits per heavy atom. The van der Waals surface area contributed by atoms with Crippen LogP contribution in [0.4, 0.5) is 0 Å². The van der Waals surface area contributed by atoms with Crippen LogP contribution in [0.25, 0.3) is 0 Å². The molecular formula is C15H25NS. The fraction of sp³-hybridized carbons (Fsp3) is 0.600. The third-order valence-corrected chi connectivity index (χ3v) is 3.53. The van der Waals surface area contributed by atoms with E-state index in [1.54, 1.807) is 0 Å². The third-order valence-electron chi connectivity index (χ3n) is 2.87. The highest BCUT2D eigenvalue weighted by atomic mass is 32.2. The van der Waals surface area contributed by atoms with Crippen LogP contribution in [0.1, 0.15) is 43.9 Å². The largest absolute Gasteiger partial charge is 0.309 e. The van der Waals surface area contributed by atoms with Crippen LogP contribution in [0.15, 0.2) is 24.3 Å². The maximum Gasteiger partial charge on any atom is 0.0411 e. The molecule has 0 amide bonds. The summed E-state index contributed by atoms with van der Waals surface area (Å²) in [5, 5.41) is 3.64. The molecule has 96 valence electrons. The lowest BCUT2D eigenvalue weighted by Crippen LogP contribution is -2.24. The highest BCUT2D eigenvalue weighted by molar-refractivity contribution is 7.98. The van der Waals surface area contributed by atoms with Crippen LogP contribution >= 0.6 is 11.8 Å². The summed E-state index contributed by atoms with van der Waals surface area (Å²) in [4.78, 5) is 0. The lowest BCUT2D eigenvalue weighted by molar-refractivity contribution is 0.577. The van der Waals surface area contributed by atoms with Crippen molar-refractivity contribution in [2.24, 2.45) is 0 Å². The molecule has 0 bridgehead atoms. The molecule has 0 saturated heterocycles. The van der Waals surface area contributed by atoms with E-state index in [4.69, 9.17) is 0 Å². The van der Waals surface area contributed by atoms with E-state index in [0.717, 1.165) is 12.3 Å². The molecule has 0 heterocycles. The van der Waals surface area contributed by atoms with Gasteiger partial charge in [-0.3, -0.25) is 0 Å². The van der Waals surface area contributed by atoms with Crippen LogP contribution in [0.2, 0.25) is 0 Å². The summed E-state index contributed by atoms with van der Waals surface area (Å²) in [5.74, 6) is 1.15. The molecule has 0 fully saturated rings. The molecule has 0 aromatic heterocycles. The van der Waals surface area contributed by atoms with Crippen LogP contribution in [-0.2, 0) is 6.42 Å². The molecule has 0 aliphatic heterocycles. The van der Waals surface area contributed by atoms with Crippen molar-refractivity contribution in [2.75, 3.05) is 18.6 Å². The fourth-order valence-electron chi connectivity index (χ4n) is 2.01. The van der Waals surface area contributed by atoms with Gasteiger partial charge >= 0.3 is 0 Å². The molecule has 1 rings (SSSR count). The molecule has 0 aliphatic carbocycles. The maximum atomic E-state index is 3.64. The first-order chi connectivity index (χ1) is 8.31. The smallest absolute Gasteiger partial charge is 0.0411 e. The van der Waals surface area contributed by atoms with Crippen LogP contribution in [0, 0.1) is 0 Å². The molecule has 1 aromatic rings. The van der Waals surface area contributed by atoms with E-state index in [2.05, 4.69) is 49.7 Å². The van der Waals surface area contributed by atoms with Gasteiger partial charge in [-0.05, 0) is 36.8 Å². The third kappa shape index (κ3) is 5.13. The summed E-state index contributed by atoms with van der Waals surface area (Å²) < 4.78 is 0. The summed E-state index contributed by atoms with van der Waals surface area (Å²) in [6, 6.07) is 9.56. The standard InChI is InChI=1S/C15H25NS/c1-4-7-13-8-6-9-14(11-13)15(12-17-3)16-10-5-2/h6,8-9,11,15-16H,4-5,7,10,12H2,1-3H3. The zero-order valence-electron chi connectivity index (χ0n) is 11.3. The monoisotopic (exact) mass is 251 g/mol. The van der Waals surface area contributed by atoms with Crippen molar-refractivity contribution in [3.8, 4) is 0 Å². The van der Waals surface area contributed by atoms with Gasteiger partial charge in [0.05, 0.1) is 0 Å². The van der Waals surface area contributed by atoms with E-state index in [-0.39, 0.29) is 0 Å². The Morgan fingerprint density at radius 2 is 2.06 bits per heavy atom. The molecule has 1 nitrogen and oxygen atoms in total. The summed E-state index contributed by atoms with van der Waals surface area (Å²) in [6.45, 7) is 5.56. The zero-order valence-corrected chi connectivity index (χ0v) is 12.1. The van der Waals surface area contributed by atoms with Gasteiger partial charge in [0.1, 0.15) is 0 Å². The highest BCUT2D eigenvalue weighted by Gasteiger charge is 2.09. The van der Waals surface area contributed by atoms with Gasteiger partial charge in [-0.15, -0.1) is 0 Å². The van der Waals surface area contributed by atoms with Gasteiger partial charge in [-0.2, -0.15) is 11.8 Å². The first-order valence-electron chi connectivity index (χ1n) is 6.63. The van der Waals surface area contributed by atoms with Crippen LogP contribution in [0.3, 0.4) is 0 Å². The highest BCUT2D eigenvalue weighted by Crippen LogP contribution is 2.19. The molecule has 1 atom stereocenters. The normalized spacial score (nSPS) is 12.6. The Morgan fingerprint density at radius 1 is 1.24 bits per heavy atom. The van der Waals surface area contributed by atoms with Crippen LogP contribution in [-0.4, -0.2) is 18.6 Å². The first kappa shape index (κ1) is 14.6. The zero-order chi connectivity index (χ0) is 12.5. The SMILES string of the molecule is CCCNC(CSC)c1cccc(CCC)c1. The lowest BCUT2D eigenvalue weighted by Gasteiger charge is -2.18. The Labute approximate surface area is 110 Å². The molecule has 2 heteroatoms. The average Bonchev–Trinajstić information content (AvgIpc) is 2.35. The lowest BCUT2D eigenvalue weighted by atomic mass is 10.0. The van der Waals surface area contributed by atoms with Gasteiger partial charge in [0.2, 0.25) is 0 Å². The number of rotatable bonds is 8. The minimum absolute atomic E-state index is 0.502. The van der Waals surface area contributed by atoms with Crippen LogP contribution in [0.5, 0.6) is 0 Å². The molecule has 1 aromatic carbocycles. The Balaban J connectivity index is 2.73. The number of benzene rings is 1. The van der Waals surface area contributed by atoms with Crippen molar-refractivity contribution >= 4 is 11.8 Å². The van der Waals surface area contributed by atoms with Gasteiger partial charge in [0.15, 0.2) is 0 Å². The molecular weight excluding hydrogens is 226 g/mol. The number of aryl methyl sites for hydroxylation is 1. The number of nitrogens with one attached hydrogen (secondary N) is 1. The molecule has 17 heavy (non-hydrogen) atoms. The Bertz CT molecular complexity index is 312. The van der Waals surface area contributed by atoms with Crippen molar-refractivity contribution in [1.82, 2.24) is 5.32 Å². The topological polar surface area (TPSA) is 12.0 Å². The molecule has 1 unspecified atom stereocenters. The van der Waals surface area contributed by atoms with Crippen molar-refractivity contribution in [1.29, 1.82) is 0 Å². The Hall–Kier alpha value is -0.470. The van der Waals surface area contributed by atoms with Crippen molar-refractivity contribution in [2.45, 2.75) is 39.2 Å².